The number of piperidine rings is 1. The topological polar surface area (TPSA) is 110 Å². The maximum Gasteiger partial charge on any atom is 0.410 e. The first-order valence-electron chi connectivity index (χ1n) is 9.19. The van der Waals surface area contributed by atoms with Crippen molar-refractivity contribution in [2.45, 2.75) is 52.1 Å². The van der Waals surface area contributed by atoms with Gasteiger partial charge in [0.1, 0.15) is 5.60 Å². The highest BCUT2D eigenvalue weighted by molar-refractivity contribution is 7.89. The van der Waals surface area contributed by atoms with Gasteiger partial charge in [-0.25, -0.2) is 18.4 Å². The molecular weight excluding hydrogens is 358 g/mol. The van der Waals surface area contributed by atoms with Crippen LogP contribution in [0.15, 0.2) is 0 Å². The SMILES string of the molecule is CC(C)(C)OC(=O)N1CCC(CCN2CC(CS(N)(=O)=O)CC2=O)CC1. The molecule has 2 saturated heterocycles. The van der Waals surface area contributed by atoms with Crippen LogP contribution in [0.4, 0.5) is 4.79 Å². The zero-order valence-electron chi connectivity index (χ0n) is 15.9. The third kappa shape index (κ3) is 6.75. The van der Waals surface area contributed by atoms with E-state index in [0.717, 1.165) is 19.3 Å². The fraction of sp³-hybridized carbons (Fsp3) is 0.882. The van der Waals surface area contributed by atoms with Crippen LogP contribution in [-0.2, 0) is 19.6 Å². The van der Waals surface area contributed by atoms with Crippen LogP contribution >= 0.6 is 0 Å². The predicted molar refractivity (Wildman–Crippen MR) is 97.8 cm³/mol. The molecule has 2 fully saturated rings. The number of nitrogens with zero attached hydrogens (tertiary/aromatic N) is 2. The molecule has 2 amide bonds. The summed E-state index contributed by atoms with van der Waals surface area (Å²) in [6, 6.07) is 0. The Bertz CT molecular complexity index is 621. The Kier molecular flexibility index (Phi) is 6.55. The Labute approximate surface area is 156 Å². The number of ether oxygens (including phenoxy) is 1. The number of carbonyl (C=O) groups is 2. The summed E-state index contributed by atoms with van der Waals surface area (Å²) in [4.78, 5) is 27.6. The molecule has 2 aliphatic rings. The Hall–Kier alpha value is -1.35. The quantitative estimate of drug-likeness (QED) is 0.759. The van der Waals surface area contributed by atoms with Crippen molar-refractivity contribution in [1.82, 2.24) is 9.80 Å². The third-order valence-corrected chi connectivity index (χ3v) is 5.77. The van der Waals surface area contributed by atoms with Crippen molar-refractivity contribution < 1.29 is 22.7 Å². The number of carbonyl (C=O) groups excluding carboxylic acids is 2. The lowest BCUT2D eigenvalue weighted by Crippen LogP contribution is -2.42. The van der Waals surface area contributed by atoms with Crippen molar-refractivity contribution in [2.75, 3.05) is 31.9 Å². The second-order valence-electron chi connectivity index (χ2n) is 8.44. The molecule has 2 rings (SSSR count). The molecule has 0 aromatic rings. The molecule has 150 valence electrons. The van der Waals surface area contributed by atoms with E-state index in [1.54, 1.807) is 9.80 Å². The molecule has 0 aromatic heterocycles. The standard InChI is InChI=1S/C17H31N3O5S/c1-17(2,3)25-16(22)19-7-4-13(5-8-19)6-9-20-11-14(10-15(20)21)12-26(18,23)24/h13-14H,4-12H2,1-3H3,(H2,18,23,24). The molecule has 2 aliphatic heterocycles. The molecule has 0 aromatic carbocycles. The highest BCUT2D eigenvalue weighted by Gasteiger charge is 2.33. The Morgan fingerprint density at radius 1 is 1.23 bits per heavy atom. The zero-order valence-corrected chi connectivity index (χ0v) is 16.8. The molecule has 0 bridgehead atoms. The van der Waals surface area contributed by atoms with E-state index in [1.165, 1.54) is 0 Å². The smallest absolute Gasteiger partial charge is 0.410 e. The zero-order chi connectivity index (χ0) is 19.5. The second kappa shape index (κ2) is 8.12. The third-order valence-electron chi connectivity index (χ3n) is 4.84. The van der Waals surface area contributed by atoms with Crippen molar-refractivity contribution in [1.29, 1.82) is 0 Å². The summed E-state index contributed by atoms with van der Waals surface area (Å²) < 4.78 is 27.8. The van der Waals surface area contributed by atoms with E-state index in [1.807, 2.05) is 20.8 Å². The summed E-state index contributed by atoms with van der Waals surface area (Å²) in [5, 5.41) is 5.07. The van der Waals surface area contributed by atoms with E-state index in [0.29, 0.717) is 32.1 Å². The number of nitrogens with two attached hydrogens (primary N) is 1. The Morgan fingerprint density at radius 3 is 2.38 bits per heavy atom. The van der Waals surface area contributed by atoms with Gasteiger partial charge in [-0.1, -0.05) is 0 Å². The van der Waals surface area contributed by atoms with E-state index in [-0.39, 0.29) is 30.1 Å². The van der Waals surface area contributed by atoms with Gasteiger partial charge in [0.15, 0.2) is 0 Å². The van der Waals surface area contributed by atoms with Crippen LogP contribution in [0.3, 0.4) is 0 Å². The van der Waals surface area contributed by atoms with Crippen LogP contribution in [-0.4, -0.2) is 67.8 Å². The van der Waals surface area contributed by atoms with E-state index in [9.17, 15) is 18.0 Å². The summed E-state index contributed by atoms with van der Waals surface area (Å²) >= 11 is 0. The van der Waals surface area contributed by atoms with Crippen LogP contribution < -0.4 is 5.14 Å². The molecule has 0 radical (unpaired) electrons. The fourth-order valence-electron chi connectivity index (χ4n) is 3.58. The average Bonchev–Trinajstić information content (AvgIpc) is 2.81. The molecule has 8 nitrogen and oxygen atoms in total. The van der Waals surface area contributed by atoms with Crippen molar-refractivity contribution in [3.8, 4) is 0 Å². The van der Waals surface area contributed by atoms with Gasteiger partial charge in [-0.2, -0.15) is 0 Å². The number of hydrogen-bond donors (Lipinski definition) is 1. The number of sulfonamides is 1. The molecule has 26 heavy (non-hydrogen) atoms. The minimum Gasteiger partial charge on any atom is -0.444 e. The van der Waals surface area contributed by atoms with E-state index < -0.39 is 15.6 Å². The van der Waals surface area contributed by atoms with E-state index in [4.69, 9.17) is 9.88 Å². The summed E-state index contributed by atoms with van der Waals surface area (Å²) in [6.07, 6.45) is 2.64. The lowest BCUT2D eigenvalue weighted by Gasteiger charge is -2.34. The number of hydrogen-bond acceptors (Lipinski definition) is 5. The lowest BCUT2D eigenvalue weighted by molar-refractivity contribution is -0.127. The predicted octanol–water partition coefficient (Wildman–Crippen LogP) is 1.16. The van der Waals surface area contributed by atoms with Crippen molar-refractivity contribution >= 4 is 22.0 Å². The summed E-state index contributed by atoms with van der Waals surface area (Å²) in [6.45, 7) is 8.00. The molecular formula is C17H31N3O5S. The minimum absolute atomic E-state index is 0.00448. The van der Waals surface area contributed by atoms with Gasteiger partial charge in [-0.15, -0.1) is 0 Å². The maximum absolute atomic E-state index is 12.1. The largest absolute Gasteiger partial charge is 0.444 e. The summed E-state index contributed by atoms with van der Waals surface area (Å²) in [5.74, 6) is 0.124. The highest BCUT2D eigenvalue weighted by Crippen LogP contribution is 2.25. The Morgan fingerprint density at radius 2 is 1.85 bits per heavy atom. The van der Waals surface area contributed by atoms with Gasteiger partial charge in [0, 0.05) is 38.5 Å². The van der Waals surface area contributed by atoms with Gasteiger partial charge >= 0.3 is 6.09 Å². The number of rotatable bonds is 5. The molecule has 0 spiro atoms. The molecule has 9 heteroatoms. The van der Waals surface area contributed by atoms with Gasteiger partial charge < -0.3 is 14.5 Å². The van der Waals surface area contributed by atoms with Crippen LogP contribution in [0.5, 0.6) is 0 Å². The van der Waals surface area contributed by atoms with Gasteiger partial charge in [0.25, 0.3) is 0 Å². The Balaban J connectivity index is 1.72. The molecule has 2 heterocycles. The molecule has 1 atom stereocenters. The fourth-order valence-corrected chi connectivity index (χ4v) is 4.46. The number of amides is 2. The highest BCUT2D eigenvalue weighted by atomic mass is 32.2. The summed E-state index contributed by atoms with van der Waals surface area (Å²) in [5.41, 5.74) is -0.488. The minimum atomic E-state index is -3.55. The van der Waals surface area contributed by atoms with Crippen molar-refractivity contribution in [3.05, 3.63) is 0 Å². The van der Waals surface area contributed by atoms with Crippen LogP contribution in [0.2, 0.25) is 0 Å². The molecule has 1 unspecified atom stereocenters. The van der Waals surface area contributed by atoms with E-state index >= 15 is 0 Å². The first-order chi connectivity index (χ1) is 11.9. The number of likely N-dealkylation sites (tertiary alicyclic amines) is 2. The molecule has 2 N–H and O–H groups in total. The van der Waals surface area contributed by atoms with Gasteiger partial charge in [0.05, 0.1) is 5.75 Å². The van der Waals surface area contributed by atoms with Gasteiger partial charge in [0.2, 0.25) is 15.9 Å². The molecule has 0 saturated carbocycles. The maximum atomic E-state index is 12.1. The van der Waals surface area contributed by atoms with Crippen molar-refractivity contribution in [2.24, 2.45) is 17.0 Å². The first-order valence-corrected chi connectivity index (χ1v) is 10.9. The van der Waals surface area contributed by atoms with Crippen LogP contribution in [0.1, 0.15) is 46.5 Å². The van der Waals surface area contributed by atoms with E-state index in [2.05, 4.69) is 0 Å². The van der Waals surface area contributed by atoms with Crippen molar-refractivity contribution in [3.63, 3.8) is 0 Å². The number of primary sulfonamides is 1. The summed E-state index contributed by atoms with van der Waals surface area (Å²) in [7, 11) is -3.55. The van der Waals surface area contributed by atoms with Gasteiger partial charge in [-0.05, 0) is 46.0 Å². The first kappa shape index (κ1) is 21.0. The normalized spacial score (nSPS) is 22.8. The average molecular weight is 390 g/mol. The molecule has 0 aliphatic carbocycles. The van der Waals surface area contributed by atoms with Gasteiger partial charge in [-0.3, -0.25) is 4.79 Å². The lowest BCUT2D eigenvalue weighted by atomic mass is 9.93. The second-order valence-corrected chi connectivity index (χ2v) is 10.1. The van der Waals surface area contributed by atoms with Crippen LogP contribution in [0, 0.1) is 11.8 Å². The van der Waals surface area contributed by atoms with Crippen LogP contribution in [0.25, 0.3) is 0 Å². The monoisotopic (exact) mass is 389 g/mol.